The van der Waals surface area contributed by atoms with Crippen molar-refractivity contribution in [3.05, 3.63) is 52.5 Å². The summed E-state index contributed by atoms with van der Waals surface area (Å²) >= 11 is 11.9. The van der Waals surface area contributed by atoms with Crippen LogP contribution in [0.4, 0.5) is 5.69 Å². The van der Waals surface area contributed by atoms with Crippen molar-refractivity contribution in [2.45, 2.75) is 13.0 Å². The zero-order valence-corrected chi connectivity index (χ0v) is 13.4. The summed E-state index contributed by atoms with van der Waals surface area (Å²) in [6.45, 7) is 2.62. The quantitative estimate of drug-likeness (QED) is 0.820. The van der Waals surface area contributed by atoms with Crippen molar-refractivity contribution in [2.75, 3.05) is 19.0 Å². The van der Waals surface area contributed by atoms with Gasteiger partial charge < -0.3 is 14.8 Å². The second kappa shape index (κ2) is 7.43. The number of ether oxygens (including phenoxy) is 2. The van der Waals surface area contributed by atoms with E-state index in [9.17, 15) is 0 Å². The first-order chi connectivity index (χ1) is 10.1. The maximum atomic E-state index is 6.08. The van der Waals surface area contributed by atoms with E-state index in [0.717, 1.165) is 11.4 Å². The van der Waals surface area contributed by atoms with Gasteiger partial charge in [-0.1, -0.05) is 29.3 Å². The van der Waals surface area contributed by atoms with Crippen LogP contribution in [0, 0.1) is 0 Å². The topological polar surface area (TPSA) is 30.5 Å². The molecule has 1 atom stereocenters. The third-order valence-electron chi connectivity index (χ3n) is 2.89. The lowest BCUT2D eigenvalue weighted by molar-refractivity contribution is 0.235. The molecular formula is C16H17Cl2NO2. The molecule has 2 aromatic carbocycles. The molecule has 1 N–H and O–H groups in total. The Morgan fingerprint density at radius 1 is 1.14 bits per heavy atom. The predicted molar refractivity (Wildman–Crippen MR) is 88.0 cm³/mol. The Labute approximate surface area is 134 Å². The molecule has 0 spiro atoms. The van der Waals surface area contributed by atoms with Gasteiger partial charge >= 0.3 is 0 Å². The van der Waals surface area contributed by atoms with E-state index < -0.39 is 0 Å². The van der Waals surface area contributed by atoms with Gasteiger partial charge in [-0.2, -0.15) is 0 Å². The highest BCUT2D eigenvalue weighted by Crippen LogP contribution is 2.28. The van der Waals surface area contributed by atoms with Crippen LogP contribution in [0.2, 0.25) is 10.0 Å². The minimum atomic E-state index is -0.0464. The van der Waals surface area contributed by atoms with E-state index in [1.807, 2.05) is 31.2 Å². The van der Waals surface area contributed by atoms with Crippen LogP contribution in [0.25, 0.3) is 0 Å². The SMILES string of the molecule is COc1cccc(NCC(C)Oc2ccc(Cl)cc2Cl)c1. The fourth-order valence-electron chi connectivity index (χ4n) is 1.82. The molecular weight excluding hydrogens is 309 g/mol. The van der Waals surface area contributed by atoms with Crippen LogP contribution in [0.1, 0.15) is 6.92 Å². The van der Waals surface area contributed by atoms with Crippen LogP contribution >= 0.6 is 23.2 Å². The van der Waals surface area contributed by atoms with Gasteiger partial charge in [-0.3, -0.25) is 0 Å². The number of benzene rings is 2. The molecule has 0 aliphatic carbocycles. The number of nitrogens with one attached hydrogen (secondary N) is 1. The van der Waals surface area contributed by atoms with Crippen molar-refractivity contribution >= 4 is 28.9 Å². The van der Waals surface area contributed by atoms with Crippen molar-refractivity contribution < 1.29 is 9.47 Å². The van der Waals surface area contributed by atoms with E-state index >= 15 is 0 Å². The molecule has 0 amide bonds. The number of anilines is 1. The van der Waals surface area contributed by atoms with Crippen molar-refractivity contribution in [1.82, 2.24) is 0 Å². The van der Waals surface area contributed by atoms with Gasteiger partial charge in [-0.25, -0.2) is 0 Å². The Morgan fingerprint density at radius 3 is 2.67 bits per heavy atom. The number of hydrogen-bond donors (Lipinski definition) is 1. The normalized spacial score (nSPS) is 11.8. The molecule has 0 radical (unpaired) electrons. The molecule has 21 heavy (non-hydrogen) atoms. The molecule has 0 saturated carbocycles. The maximum Gasteiger partial charge on any atom is 0.138 e. The number of hydrogen-bond acceptors (Lipinski definition) is 3. The Morgan fingerprint density at radius 2 is 1.95 bits per heavy atom. The molecule has 2 rings (SSSR count). The molecule has 1 unspecified atom stereocenters. The first-order valence-electron chi connectivity index (χ1n) is 6.58. The summed E-state index contributed by atoms with van der Waals surface area (Å²) in [6.07, 6.45) is -0.0464. The lowest BCUT2D eigenvalue weighted by Gasteiger charge is -2.17. The standard InChI is InChI=1S/C16H17Cl2NO2/c1-11(21-16-7-6-12(17)8-15(16)18)10-19-13-4-3-5-14(9-13)20-2/h3-9,11,19H,10H2,1-2H3. The average Bonchev–Trinajstić information content (AvgIpc) is 2.48. The lowest BCUT2D eigenvalue weighted by Crippen LogP contribution is -2.22. The Bertz CT molecular complexity index is 605. The van der Waals surface area contributed by atoms with Crippen LogP contribution in [0.15, 0.2) is 42.5 Å². The van der Waals surface area contributed by atoms with Gasteiger partial charge in [0.1, 0.15) is 17.6 Å². The van der Waals surface area contributed by atoms with Gasteiger partial charge in [-0.15, -0.1) is 0 Å². The van der Waals surface area contributed by atoms with Gasteiger partial charge in [0, 0.05) is 16.8 Å². The number of halogens is 2. The fraction of sp³-hybridized carbons (Fsp3) is 0.250. The minimum absolute atomic E-state index is 0.0464. The third kappa shape index (κ3) is 4.73. The smallest absolute Gasteiger partial charge is 0.138 e. The minimum Gasteiger partial charge on any atom is -0.497 e. The Balaban J connectivity index is 1.90. The van der Waals surface area contributed by atoms with Crippen LogP contribution in [0.5, 0.6) is 11.5 Å². The zero-order valence-electron chi connectivity index (χ0n) is 11.9. The molecule has 3 nitrogen and oxygen atoms in total. The molecule has 5 heteroatoms. The zero-order chi connectivity index (χ0) is 15.2. The first kappa shape index (κ1) is 15.8. The largest absolute Gasteiger partial charge is 0.497 e. The highest BCUT2D eigenvalue weighted by atomic mass is 35.5. The van der Waals surface area contributed by atoms with E-state index in [1.165, 1.54) is 0 Å². The molecule has 0 heterocycles. The molecule has 2 aromatic rings. The first-order valence-corrected chi connectivity index (χ1v) is 7.33. The summed E-state index contributed by atoms with van der Waals surface area (Å²) in [5, 5.41) is 4.40. The Hall–Kier alpha value is -1.58. The van der Waals surface area contributed by atoms with Crippen LogP contribution in [0.3, 0.4) is 0 Å². The summed E-state index contributed by atoms with van der Waals surface area (Å²) in [5.74, 6) is 1.44. The summed E-state index contributed by atoms with van der Waals surface area (Å²) in [6, 6.07) is 12.9. The molecule has 0 saturated heterocycles. The monoisotopic (exact) mass is 325 g/mol. The maximum absolute atomic E-state index is 6.08. The van der Waals surface area contributed by atoms with Gasteiger partial charge in [0.25, 0.3) is 0 Å². The predicted octanol–water partition coefficient (Wildman–Crippen LogP) is 4.88. The molecule has 0 aliphatic rings. The van der Waals surface area contributed by atoms with Crippen molar-refractivity contribution in [3.8, 4) is 11.5 Å². The second-order valence-corrected chi connectivity index (χ2v) is 5.46. The third-order valence-corrected chi connectivity index (χ3v) is 3.42. The summed E-state index contributed by atoms with van der Waals surface area (Å²) in [4.78, 5) is 0. The van der Waals surface area contributed by atoms with Crippen LogP contribution in [-0.2, 0) is 0 Å². The van der Waals surface area contributed by atoms with E-state index in [0.29, 0.717) is 22.3 Å². The summed E-state index contributed by atoms with van der Waals surface area (Å²) in [7, 11) is 1.65. The van der Waals surface area contributed by atoms with Gasteiger partial charge in [0.15, 0.2) is 0 Å². The van der Waals surface area contributed by atoms with E-state index in [1.54, 1.807) is 25.3 Å². The second-order valence-electron chi connectivity index (χ2n) is 4.62. The Kier molecular flexibility index (Phi) is 5.59. The summed E-state index contributed by atoms with van der Waals surface area (Å²) in [5.41, 5.74) is 0.979. The highest BCUT2D eigenvalue weighted by molar-refractivity contribution is 6.35. The van der Waals surface area contributed by atoms with E-state index in [-0.39, 0.29) is 6.10 Å². The van der Waals surface area contributed by atoms with Gasteiger partial charge in [0.2, 0.25) is 0 Å². The van der Waals surface area contributed by atoms with Crippen molar-refractivity contribution in [1.29, 1.82) is 0 Å². The van der Waals surface area contributed by atoms with E-state index in [4.69, 9.17) is 32.7 Å². The molecule has 0 fully saturated rings. The summed E-state index contributed by atoms with van der Waals surface area (Å²) < 4.78 is 11.0. The lowest BCUT2D eigenvalue weighted by atomic mass is 10.3. The van der Waals surface area contributed by atoms with Crippen LogP contribution < -0.4 is 14.8 Å². The van der Waals surface area contributed by atoms with Gasteiger partial charge in [0.05, 0.1) is 18.7 Å². The average molecular weight is 326 g/mol. The van der Waals surface area contributed by atoms with E-state index in [2.05, 4.69) is 5.32 Å². The van der Waals surface area contributed by atoms with Crippen LogP contribution in [-0.4, -0.2) is 19.8 Å². The highest BCUT2D eigenvalue weighted by Gasteiger charge is 2.08. The van der Waals surface area contributed by atoms with Crippen molar-refractivity contribution in [2.24, 2.45) is 0 Å². The van der Waals surface area contributed by atoms with Crippen molar-refractivity contribution in [3.63, 3.8) is 0 Å². The fourth-order valence-corrected chi connectivity index (χ4v) is 2.28. The number of methoxy groups -OCH3 is 1. The molecule has 0 bridgehead atoms. The molecule has 112 valence electrons. The van der Waals surface area contributed by atoms with Gasteiger partial charge in [-0.05, 0) is 37.3 Å². The number of rotatable bonds is 6. The molecule has 0 aromatic heterocycles. The molecule has 0 aliphatic heterocycles.